The maximum atomic E-state index is 11.4. The maximum absolute atomic E-state index is 11.4. The summed E-state index contributed by atoms with van der Waals surface area (Å²) < 4.78 is 0. The summed E-state index contributed by atoms with van der Waals surface area (Å²) in [6, 6.07) is 6.39. The minimum Gasteiger partial charge on any atom is -0.369 e. The Bertz CT molecular complexity index is 402. The van der Waals surface area contributed by atoms with Crippen LogP contribution in [-0.4, -0.2) is 17.9 Å². The topological polar surface area (TPSA) is 98.2 Å². The van der Waals surface area contributed by atoms with E-state index >= 15 is 0 Å². The largest absolute Gasteiger partial charge is 0.369 e. The van der Waals surface area contributed by atoms with Crippen molar-refractivity contribution in [2.75, 3.05) is 5.32 Å². The van der Waals surface area contributed by atoms with Crippen LogP contribution in [0.5, 0.6) is 0 Å². The first-order chi connectivity index (χ1) is 7.50. The van der Waals surface area contributed by atoms with Crippen LogP contribution in [0.4, 0.5) is 5.69 Å². The van der Waals surface area contributed by atoms with Gasteiger partial charge in [0.05, 0.1) is 12.5 Å². The summed E-state index contributed by atoms with van der Waals surface area (Å²) in [5.41, 5.74) is 11.8. The van der Waals surface area contributed by atoms with E-state index in [1.807, 2.05) is 0 Å². The molecule has 0 unspecified atom stereocenters. The number of nitrogens with one attached hydrogen (secondary N) is 1. The molecule has 0 aliphatic rings. The van der Waals surface area contributed by atoms with Crippen molar-refractivity contribution < 1.29 is 9.59 Å². The number of anilines is 1. The Morgan fingerprint density at radius 1 is 1.38 bits per heavy atom. The van der Waals surface area contributed by atoms with Crippen LogP contribution in [0.1, 0.15) is 12.5 Å². The zero-order valence-corrected chi connectivity index (χ0v) is 9.07. The summed E-state index contributed by atoms with van der Waals surface area (Å²) in [6.07, 6.45) is 0.0927. The summed E-state index contributed by atoms with van der Waals surface area (Å²) in [5, 5.41) is 2.64. The third-order valence-corrected chi connectivity index (χ3v) is 2.05. The first kappa shape index (κ1) is 12.2. The molecule has 0 spiro atoms. The molecule has 1 rings (SSSR count). The molecule has 2 amide bonds. The zero-order valence-electron chi connectivity index (χ0n) is 9.07. The van der Waals surface area contributed by atoms with Crippen LogP contribution in [0.15, 0.2) is 24.3 Å². The molecule has 0 heterocycles. The molecule has 0 radical (unpaired) electrons. The van der Waals surface area contributed by atoms with E-state index in [9.17, 15) is 9.59 Å². The Hall–Kier alpha value is -1.88. The van der Waals surface area contributed by atoms with E-state index in [4.69, 9.17) is 11.5 Å². The average molecular weight is 221 g/mol. The van der Waals surface area contributed by atoms with Crippen molar-refractivity contribution in [3.05, 3.63) is 29.8 Å². The normalized spacial score (nSPS) is 11.9. The van der Waals surface area contributed by atoms with E-state index in [0.717, 1.165) is 0 Å². The van der Waals surface area contributed by atoms with Crippen LogP contribution in [-0.2, 0) is 16.0 Å². The summed E-state index contributed by atoms with van der Waals surface area (Å²) >= 11 is 0. The van der Waals surface area contributed by atoms with Crippen LogP contribution >= 0.6 is 0 Å². The molecule has 0 saturated heterocycles. The van der Waals surface area contributed by atoms with E-state index in [1.165, 1.54) is 0 Å². The van der Waals surface area contributed by atoms with Crippen molar-refractivity contribution in [2.45, 2.75) is 19.4 Å². The zero-order chi connectivity index (χ0) is 12.1. The van der Waals surface area contributed by atoms with Crippen LogP contribution in [0.25, 0.3) is 0 Å². The van der Waals surface area contributed by atoms with Crippen molar-refractivity contribution in [3.8, 4) is 0 Å². The van der Waals surface area contributed by atoms with Gasteiger partial charge in [-0.15, -0.1) is 0 Å². The maximum Gasteiger partial charge on any atom is 0.241 e. The standard InChI is InChI=1S/C11H15N3O2/c1-7(12)11(16)14-9-5-3-2-4-8(9)6-10(13)15/h2-5,7H,6,12H2,1H3,(H2,13,15)(H,14,16)/t7-/m0/s1. The van der Waals surface area contributed by atoms with Gasteiger partial charge < -0.3 is 16.8 Å². The Morgan fingerprint density at radius 2 is 2.00 bits per heavy atom. The van der Waals surface area contributed by atoms with Gasteiger partial charge in [0.25, 0.3) is 0 Å². The molecule has 0 bridgehead atoms. The lowest BCUT2D eigenvalue weighted by atomic mass is 10.1. The summed E-state index contributed by atoms with van der Waals surface area (Å²) in [7, 11) is 0. The van der Waals surface area contributed by atoms with Crippen molar-refractivity contribution in [1.82, 2.24) is 0 Å². The quantitative estimate of drug-likeness (QED) is 0.667. The smallest absolute Gasteiger partial charge is 0.241 e. The van der Waals surface area contributed by atoms with Crippen molar-refractivity contribution >= 4 is 17.5 Å². The van der Waals surface area contributed by atoms with Gasteiger partial charge in [-0.2, -0.15) is 0 Å². The van der Waals surface area contributed by atoms with Crippen LogP contribution in [0.2, 0.25) is 0 Å². The number of carbonyl (C=O) groups excluding carboxylic acids is 2. The SMILES string of the molecule is C[C@H](N)C(=O)Nc1ccccc1CC(N)=O. The van der Waals surface area contributed by atoms with E-state index in [-0.39, 0.29) is 12.3 Å². The molecule has 0 aliphatic heterocycles. The summed E-state index contributed by atoms with van der Waals surface area (Å²) in [5.74, 6) is -0.737. The number of amides is 2. The van der Waals surface area contributed by atoms with Gasteiger partial charge in [-0.3, -0.25) is 9.59 Å². The van der Waals surface area contributed by atoms with Crippen molar-refractivity contribution in [2.24, 2.45) is 11.5 Å². The van der Waals surface area contributed by atoms with Crippen LogP contribution in [0, 0.1) is 0 Å². The summed E-state index contributed by atoms with van der Waals surface area (Å²) in [4.78, 5) is 22.2. The first-order valence-electron chi connectivity index (χ1n) is 4.93. The Kier molecular flexibility index (Phi) is 4.02. The molecule has 1 aromatic carbocycles. The molecule has 86 valence electrons. The van der Waals surface area contributed by atoms with Gasteiger partial charge >= 0.3 is 0 Å². The lowest BCUT2D eigenvalue weighted by molar-refractivity contribution is -0.118. The third kappa shape index (κ3) is 3.36. The predicted octanol–water partition coefficient (Wildman–Crippen LogP) is 0.0001000. The van der Waals surface area contributed by atoms with Gasteiger partial charge in [0, 0.05) is 5.69 Å². The highest BCUT2D eigenvalue weighted by atomic mass is 16.2. The number of para-hydroxylation sites is 1. The van der Waals surface area contributed by atoms with E-state index in [2.05, 4.69) is 5.32 Å². The molecular formula is C11H15N3O2. The molecule has 5 N–H and O–H groups in total. The summed E-state index contributed by atoms with van der Waals surface area (Å²) in [6.45, 7) is 1.59. The number of nitrogens with two attached hydrogens (primary N) is 2. The fraction of sp³-hybridized carbons (Fsp3) is 0.273. The van der Waals surface area contributed by atoms with Gasteiger partial charge in [-0.05, 0) is 18.6 Å². The predicted molar refractivity (Wildman–Crippen MR) is 61.6 cm³/mol. The fourth-order valence-electron chi connectivity index (χ4n) is 1.23. The van der Waals surface area contributed by atoms with Gasteiger partial charge in [-0.25, -0.2) is 0 Å². The minimum absolute atomic E-state index is 0.0927. The second-order valence-electron chi connectivity index (χ2n) is 3.58. The molecule has 5 nitrogen and oxygen atoms in total. The monoisotopic (exact) mass is 221 g/mol. The van der Waals surface area contributed by atoms with Crippen molar-refractivity contribution in [1.29, 1.82) is 0 Å². The Morgan fingerprint density at radius 3 is 2.56 bits per heavy atom. The number of rotatable bonds is 4. The second-order valence-corrected chi connectivity index (χ2v) is 3.58. The number of hydrogen-bond donors (Lipinski definition) is 3. The number of primary amides is 1. The van der Waals surface area contributed by atoms with E-state index in [1.54, 1.807) is 31.2 Å². The van der Waals surface area contributed by atoms with Gasteiger partial charge in [-0.1, -0.05) is 18.2 Å². The molecule has 16 heavy (non-hydrogen) atoms. The Balaban J connectivity index is 2.86. The molecule has 5 heteroatoms. The van der Waals surface area contributed by atoms with E-state index in [0.29, 0.717) is 11.3 Å². The number of carbonyl (C=O) groups is 2. The fourth-order valence-corrected chi connectivity index (χ4v) is 1.23. The highest BCUT2D eigenvalue weighted by Gasteiger charge is 2.10. The highest BCUT2D eigenvalue weighted by molar-refractivity contribution is 5.95. The number of hydrogen-bond acceptors (Lipinski definition) is 3. The number of benzene rings is 1. The first-order valence-corrected chi connectivity index (χ1v) is 4.93. The Labute approximate surface area is 93.8 Å². The van der Waals surface area contributed by atoms with Gasteiger partial charge in [0.1, 0.15) is 0 Å². The molecule has 0 fully saturated rings. The van der Waals surface area contributed by atoms with Gasteiger partial charge in [0.2, 0.25) is 11.8 Å². The lowest BCUT2D eigenvalue weighted by Crippen LogP contribution is -2.33. The highest BCUT2D eigenvalue weighted by Crippen LogP contribution is 2.15. The third-order valence-electron chi connectivity index (χ3n) is 2.05. The van der Waals surface area contributed by atoms with E-state index < -0.39 is 11.9 Å². The molecule has 1 aromatic rings. The van der Waals surface area contributed by atoms with Crippen LogP contribution < -0.4 is 16.8 Å². The van der Waals surface area contributed by atoms with Crippen molar-refractivity contribution in [3.63, 3.8) is 0 Å². The minimum atomic E-state index is -0.596. The molecule has 1 atom stereocenters. The molecule has 0 saturated carbocycles. The lowest BCUT2D eigenvalue weighted by Gasteiger charge is -2.11. The molecular weight excluding hydrogens is 206 g/mol. The van der Waals surface area contributed by atoms with Gasteiger partial charge in [0.15, 0.2) is 0 Å². The second kappa shape index (κ2) is 5.27. The molecule has 0 aliphatic carbocycles. The molecule has 0 aromatic heterocycles. The van der Waals surface area contributed by atoms with Crippen LogP contribution in [0.3, 0.4) is 0 Å². The average Bonchev–Trinajstić information content (AvgIpc) is 2.20.